The van der Waals surface area contributed by atoms with E-state index in [0.29, 0.717) is 28.5 Å². The molecule has 0 spiro atoms. The molecule has 0 aliphatic rings. The number of amides is 1. The number of carbonyl (C=O) groups is 3. The fraction of sp³-hybridized carbons (Fsp3) is 0.0370. The van der Waals surface area contributed by atoms with Gasteiger partial charge < -0.3 is 27.1 Å². The number of benzene rings is 2. The van der Waals surface area contributed by atoms with Crippen LogP contribution in [0.15, 0.2) is 97.6 Å². The van der Waals surface area contributed by atoms with Crippen LogP contribution in [0.5, 0.6) is 11.5 Å². The fourth-order valence-corrected chi connectivity index (χ4v) is 2.37. The summed E-state index contributed by atoms with van der Waals surface area (Å²) in [6, 6.07) is 19.6. The Hall–Kier alpha value is -5.22. The normalized spacial score (nSPS) is 9.00. The maximum absolute atomic E-state index is 10.9. The number of Topliss-reactive ketones (excluding diaryl/α,β-unsaturated/α-hetero) is 1. The van der Waals surface area contributed by atoms with Gasteiger partial charge in [0.25, 0.3) is 0 Å². The lowest BCUT2D eigenvalue weighted by Gasteiger charge is -1.93. The number of pyridine rings is 2. The lowest BCUT2D eigenvalue weighted by atomic mass is 10.2. The summed E-state index contributed by atoms with van der Waals surface area (Å²) in [5.41, 5.74) is 12.1. The molecule has 10 heteroatoms. The van der Waals surface area contributed by atoms with Crippen molar-refractivity contribution >= 4 is 24.2 Å². The quantitative estimate of drug-likeness (QED) is 0.156. The summed E-state index contributed by atoms with van der Waals surface area (Å²) in [6.45, 7) is 0.0595. The molecular weight excluding hydrogens is 474 g/mol. The summed E-state index contributed by atoms with van der Waals surface area (Å²) in [5, 5.41) is 24.6. The molecule has 0 atom stereocenters. The van der Waals surface area contributed by atoms with Crippen LogP contribution < -0.4 is 11.5 Å². The van der Waals surface area contributed by atoms with Crippen LogP contribution in [0.3, 0.4) is 0 Å². The summed E-state index contributed by atoms with van der Waals surface area (Å²) in [4.78, 5) is 38.8. The van der Waals surface area contributed by atoms with Crippen molar-refractivity contribution in [3.63, 3.8) is 0 Å². The van der Waals surface area contributed by atoms with Gasteiger partial charge in [-0.05, 0) is 48.5 Å². The van der Waals surface area contributed by atoms with E-state index in [1.165, 1.54) is 18.5 Å². The summed E-state index contributed by atoms with van der Waals surface area (Å²) in [7, 11) is 0. The van der Waals surface area contributed by atoms with E-state index in [-0.39, 0.29) is 23.8 Å². The molecule has 2 aromatic heterocycles. The van der Waals surface area contributed by atoms with Gasteiger partial charge in [-0.2, -0.15) is 0 Å². The maximum atomic E-state index is 10.9. The summed E-state index contributed by atoms with van der Waals surface area (Å²) >= 11 is 0. The fourth-order valence-electron chi connectivity index (χ4n) is 2.37. The van der Waals surface area contributed by atoms with Crippen LogP contribution in [-0.2, 0) is 0 Å². The van der Waals surface area contributed by atoms with Crippen LogP contribution in [0.1, 0.15) is 36.6 Å². The van der Waals surface area contributed by atoms with Gasteiger partial charge in [-0.1, -0.05) is 24.3 Å². The molecule has 2 heterocycles. The van der Waals surface area contributed by atoms with Crippen molar-refractivity contribution in [1.29, 1.82) is 5.41 Å². The molecule has 10 nitrogen and oxygen atoms in total. The van der Waals surface area contributed by atoms with Crippen LogP contribution in [0.4, 0.5) is 0 Å². The van der Waals surface area contributed by atoms with Crippen molar-refractivity contribution in [1.82, 2.24) is 9.97 Å². The first-order chi connectivity index (χ1) is 17.8. The first-order valence-electron chi connectivity index (χ1n) is 10.7. The monoisotopic (exact) mass is 501 g/mol. The van der Waals surface area contributed by atoms with Crippen molar-refractivity contribution in [2.75, 3.05) is 6.54 Å². The number of nitrogens with two attached hydrogens (primary N) is 2. The molecule has 1 amide bonds. The number of carbonyl (C=O) groups excluding carboxylic acids is 3. The Morgan fingerprint density at radius 1 is 0.757 bits per heavy atom. The molecule has 4 aromatic rings. The number of primary amides is 1. The maximum Gasteiger partial charge on any atom is 0.248 e. The second-order valence-corrected chi connectivity index (χ2v) is 6.84. The van der Waals surface area contributed by atoms with Crippen molar-refractivity contribution < 1.29 is 24.6 Å². The van der Waals surface area contributed by atoms with Gasteiger partial charge in [0.15, 0.2) is 12.1 Å². The van der Waals surface area contributed by atoms with E-state index in [0.717, 1.165) is 6.21 Å². The largest absolute Gasteiger partial charge is 0.507 e. The van der Waals surface area contributed by atoms with Gasteiger partial charge in [-0.15, -0.1) is 0 Å². The number of nitrogens with one attached hydrogen (secondary N) is 1. The van der Waals surface area contributed by atoms with Gasteiger partial charge in [-0.25, -0.2) is 0 Å². The molecule has 190 valence electrons. The second kappa shape index (κ2) is 17.2. The molecule has 0 radical (unpaired) electrons. The molecule has 4 rings (SSSR count). The Morgan fingerprint density at radius 2 is 1.19 bits per heavy atom. The van der Waals surface area contributed by atoms with Crippen molar-refractivity contribution in [2.45, 2.75) is 0 Å². The third-order valence-corrected chi connectivity index (χ3v) is 4.31. The highest BCUT2D eigenvalue weighted by molar-refractivity contribution is 5.97. The lowest BCUT2D eigenvalue weighted by molar-refractivity contribution is 0.0992. The highest BCUT2D eigenvalue weighted by atomic mass is 16.3. The van der Waals surface area contributed by atoms with E-state index in [9.17, 15) is 14.4 Å². The molecule has 0 fully saturated rings. The number of aromatic hydroxyl groups is 2. The first-order valence-corrected chi connectivity index (χ1v) is 10.7. The number of phenolic OH excluding ortho intramolecular Hbond substituents is 2. The molecular formula is C27H27N5O5. The zero-order chi connectivity index (χ0) is 27.5. The van der Waals surface area contributed by atoms with Gasteiger partial charge in [0.1, 0.15) is 11.5 Å². The van der Waals surface area contributed by atoms with E-state index in [1.807, 2.05) is 0 Å². The van der Waals surface area contributed by atoms with Crippen LogP contribution in [0, 0.1) is 5.41 Å². The van der Waals surface area contributed by atoms with E-state index in [1.54, 1.807) is 79.1 Å². The smallest absolute Gasteiger partial charge is 0.248 e. The Bertz CT molecular complexity index is 1220. The third kappa shape index (κ3) is 11.7. The number of hydrogen-bond acceptors (Lipinski definition) is 9. The summed E-state index contributed by atoms with van der Waals surface area (Å²) < 4.78 is 0. The molecule has 0 unspecified atom stereocenters. The number of phenols is 2. The molecule has 0 aliphatic carbocycles. The lowest BCUT2D eigenvalue weighted by Crippen LogP contribution is -2.13. The van der Waals surface area contributed by atoms with Crippen molar-refractivity contribution in [3.8, 4) is 11.5 Å². The molecule has 0 saturated heterocycles. The topological polar surface area (TPSA) is 193 Å². The summed E-state index contributed by atoms with van der Waals surface area (Å²) in [5.74, 6) is -0.278. The van der Waals surface area contributed by atoms with Crippen LogP contribution >= 0.6 is 0 Å². The van der Waals surface area contributed by atoms with Gasteiger partial charge in [0, 0.05) is 47.7 Å². The van der Waals surface area contributed by atoms with Gasteiger partial charge in [0.2, 0.25) is 5.91 Å². The number of rotatable bonds is 5. The van der Waals surface area contributed by atoms with Crippen LogP contribution in [-0.4, -0.2) is 50.9 Å². The highest BCUT2D eigenvalue weighted by Crippen LogP contribution is 2.12. The van der Waals surface area contributed by atoms with Crippen LogP contribution in [0.2, 0.25) is 0 Å². The molecule has 0 bridgehead atoms. The standard InChI is InChI=1S/C7H8N2O.C7H7NO.C7H6O2.C6H6N2O/c8-5-7(10)6-1-3-9-4-2-6;2*8-5-6-3-1-2-4-7(6)9;7-6(9)5-1-3-8-4-2-5/h1-4H,5,8H2;1-5,8-9H;1-5,9H;1-4H,(H2,7,9). The molecule has 0 aliphatic heterocycles. The number of nitrogens with zero attached hydrogens (tertiary/aromatic N) is 2. The number of aromatic nitrogens is 2. The minimum atomic E-state index is -0.419. The minimum Gasteiger partial charge on any atom is -0.507 e. The summed E-state index contributed by atoms with van der Waals surface area (Å²) in [6.07, 6.45) is 7.94. The van der Waals surface area contributed by atoms with Gasteiger partial charge >= 0.3 is 0 Å². The van der Waals surface area contributed by atoms with Gasteiger partial charge in [0.05, 0.1) is 12.1 Å². The average molecular weight is 502 g/mol. The van der Waals surface area contributed by atoms with Gasteiger partial charge in [-0.3, -0.25) is 24.4 Å². The van der Waals surface area contributed by atoms with Crippen LogP contribution in [0.25, 0.3) is 0 Å². The number of ketones is 1. The first kappa shape index (κ1) is 29.8. The Morgan fingerprint density at radius 3 is 1.49 bits per heavy atom. The second-order valence-electron chi connectivity index (χ2n) is 6.84. The minimum absolute atomic E-state index is 0.0347. The Balaban J connectivity index is 0.000000247. The Labute approximate surface area is 213 Å². The number of aldehydes is 1. The molecule has 37 heavy (non-hydrogen) atoms. The predicted octanol–water partition coefficient (Wildman–Crippen LogP) is 3.00. The van der Waals surface area contributed by atoms with E-state index < -0.39 is 5.91 Å². The van der Waals surface area contributed by atoms with E-state index in [4.69, 9.17) is 27.1 Å². The number of para-hydroxylation sites is 2. The van der Waals surface area contributed by atoms with E-state index >= 15 is 0 Å². The number of hydrogen-bond donors (Lipinski definition) is 5. The van der Waals surface area contributed by atoms with E-state index in [2.05, 4.69) is 9.97 Å². The zero-order valence-corrected chi connectivity index (χ0v) is 19.8. The van der Waals surface area contributed by atoms with Crippen molar-refractivity contribution in [3.05, 3.63) is 120 Å². The molecule has 0 saturated carbocycles. The molecule has 2 aromatic carbocycles. The zero-order valence-electron chi connectivity index (χ0n) is 19.8. The predicted molar refractivity (Wildman–Crippen MR) is 140 cm³/mol. The SMILES string of the molecule is N=Cc1ccccc1O.NC(=O)c1ccncc1.NCC(=O)c1ccncc1.O=Cc1ccccc1O. The third-order valence-electron chi connectivity index (χ3n) is 4.31. The van der Waals surface area contributed by atoms with Crippen molar-refractivity contribution in [2.24, 2.45) is 11.5 Å². The Kier molecular flexibility index (Phi) is 13.9. The average Bonchev–Trinajstić information content (AvgIpc) is 2.95. The molecule has 7 N–H and O–H groups in total. The highest BCUT2D eigenvalue weighted by Gasteiger charge is 1.99.